The molecular weight excluding hydrogens is 318 g/mol. The van der Waals surface area contributed by atoms with Crippen molar-refractivity contribution >= 4 is 34.2 Å². The Morgan fingerprint density at radius 1 is 1.04 bits per heavy atom. The number of nitrogens with zero attached hydrogens (tertiary/aromatic N) is 3. The third-order valence-corrected chi connectivity index (χ3v) is 4.48. The van der Waals surface area contributed by atoms with Gasteiger partial charge in [-0.05, 0) is 37.3 Å². The molecule has 0 fully saturated rings. The van der Waals surface area contributed by atoms with Crippen LogP contribution in [-0.2, 0) is 0 Å². The Hall–Kier alpha value is -2.86. The van der Waals surface area contributed by atoms with Crippen LogP contribution in [0.2, 0.25) is 0 Å². The Balaban J connectivity index is 1.58. The van der Waals surface area contributed by atoms with E-state index in [1.807, 2.05) is 36.4 Å². The molecule has 0 unspecified atom stereocenters. The Morgan fingerprint density at radius 3 is 2.88 bits per heavy atom. The molecule has 0 radical (unpaired) electrons. The smallest absolute Gasteiger partial charge is 0.160 e. The zero-order chi connectivity index (χ0) is 16.4. The van der Waals surface area contributed by atoms with Crippen LogP contribution in [0.3, 0.4) is 0 Å². The SMILES string of the molecule is Cc1cccc(Sc2cc(Nc3n[nH]c4ccccc34)cnn2)c1. The number of para-hydroxylation sites is 1. The Bertz CT molecular complexity index is 995. The lowest BCUT2D eigenvalue weighted by atomic mass is 10.2. The van der Waals surface area contributed by atoms with Crippen LogP contribution in [-0.4, -0.2) is 20.4 Å². The monoisotopic (exact) mass is 333 g/mol. The number of anilines is 2. The van der Waals surface area contributed by atoms with Crippen molar-refractivity contribution in [2.75, 3.05) is 5.32 Å². The maximum atomic E-state index is 4.32. The van der Waals surface area contributed by atoms with E-state index in [4.69, 9.17) is 0 Å². The van der Waals surface area contributed by atoms with Crippen molar-refractivity contribution in [3.05, 3.63) is 66.4 Å². The summed E-state index contributed by atoms with van der Waals surface area (Å²) in [6, 6.07) is 18.3. The highest BCUT2D eigenvalue weighted by atomic mass is 32.2. The van der Waals surface area contributed by atoms with Gasteiger partial charge in [-0.3, -0.25) is 5.10 Å². The number of benzene rings is 2. The average Bonchev–Trinajstić information content (AvgIpc) is 2.99. The summed E-state index contributed by atoms with van der Waals surface area (Å²) >= 11 is 1.59. The molecule has 0 aliphatic rings. The van der Waals surface area contributed by atoms with E-state index in [-0.39, 0.29) is 0 Å². The van der Waals surface area contributed by atoms with Gasteiger partial charge >= 0.3 is 0 Å². The zero-order valence-corrected chi connectivity index (χ0v) is 13.8. The average molecular weight is 333 g/mol. The number of fused-ring (bicyclic) bond motifs is 1. The molecule has 2 aromatic carbocycles. The van der Waals surface area contributed by atoms with Crippen LogP contribution >= 0.6 is 11.8 Å². The van der Waals surface area contributed by atoms with Gasteiger partial charge in [0.1, 0.15) is 5.03 Å². The topological polar surface area (TPSA) is 66.5 Å². The Labute approximate surface area is 143 Å². The summed E-state index contributed by atoms with van der Waals surface area (Å²) in [4.78, 5) is 1.15. The number of aromatic nitrogens is 4. The lowest BCUT2D eigenvalue weighted by molar-refractivity contribution is 0.931. The molecule has 2 N–H and O–H groups in total. The quantitative estimate of drug-likeness (QED) is 0.573. The number of aromatic amines is 1. The minimum Gasteiger partial charge on any atom is -0.337 e. The molecule has 24 heavy (non-hydrogen) atoms. The van der Waals surface area contributed by atoms with Gasteiger partial charge in [-0.15, -0.1) is 5.10 Å². The third kappa shape index (κ3) is 3.09. The molecule has 4 rings (SSSR count). The molecule has 0 atom stereocenters. The molecule has 0 saturated heterocycles. The minimum absolute atomic E-state index is 0.783. The number of hydrogen-bond acceptors (Lipinski definition) is 5. The first-order valence-electron chi connectivity index (χ1n) is 7.55. The van der Waals surface area contributed by atoms with Gasteiger partial charge < -0.3 is 5.32 Å². The molecule has 0 spiro atoms. The summed E-state index contributed by atoms with van der Waals surface area (Å²) < 4.78 is 0. The molecule has 4 aromatic rings. The van der Waals surface area contributed by atoms with Gasteiger partial charge in [0, 0.05) is 10.3 Å². The van der Waals surface area contributed by atoms with E-state index in [0.717, 1.165) is 32.3 Å². The highest BCUT2D eigenvalue weighted by molar-refractivity contribution is 7.99. The summed E-state index contributed by atoms with van der Waals surface area (Å²) in [5.41, 5.74) is 3.08. The van der Waals surface area contributed by atoms with Crippen LogP contribution in [0.15, 0.2) is 70.7 Å². The molecule has 5 nitrogen and oxygen atoms in total. The van der Waals surface area contributed by atoms with Gasteiger partial charge in [-0.1, -0.05) is 41.6 Å². The first-order valence-corrected chi connectivity index (χ1v) is 8.37. The van der Waals surface area contributed by atoms with E-state index in [1.54, 1.807) is 18.0 Å². The molecule has 0 amide bonds. The van der Waals surface area contributed by atoms with Crippen molar-refractivity contribution < 1.29 is 0 Å². The zero-order valence-electron chi connectivity index (χ0n) is 13.0. The molecular formula is C18H15N5S. The lowest BCUT2D eigenvalue weighted by Crippen LogP contribution is -1.94. The number of aryl methyl sites for hydroxylation is 1. The summed E-state index contributed by atoms with van der Waals surface area (Å²) in [5.74, 6) is 0.783. The van der Waals surface area contributed by atoms with Crippen LogP contribution < -0.4 is 5.32 Å². The fourth-order valence-corrected chi connectivity index (χ4v) is 3.37. The molecule has 0 bridgehead atoms. The Kier molecular flexibility index (Phi) is 3.88. The standard InChI is InChI=1S/C18H15N5S/c1-12-5-4-6-14(9-12)24-17-10-13(11-19-22-17)20-18-15-7-2-3-8-16(15)21-23-18/h2-11H,1H3,(H2,20,21,22,23). The number of rotatable bonds is 4. The van der Waals surface area contributed by atoms with E-state index in [2.05, 4.69) is 50.8 Å². The Morgan fingerprint density at radius 2 is 1.96 bits per heavy atom. The van der Waals surface area contributed by atoms with Gasteiger partial charge in [-0.25, -0.2) is 0 Å². The maximum absolute atomic E-state index is 4.32. The molecule has 2 heterocycles. The van der Waals surface area contributed by atoms with E-state index >= 15 is 0 Å². The van der Waals surface area contributed by atoms with Crippen LogP contribution in [0.4, 0.5) is 11.5 Å². The molecule has 118 valence electrons. The van der Waals surface area contributed by atoms with Crippen LogP contribution in [0.1, 0.15) is 5.56 Å². The van der Waals surface area contributed by atoms with Gasteiger partial charge in [-0.2, -0.15) is 10.2 Å². The van der Waals surface area contributed by atoms with Crippen molar-refractivity contribution in [2.24, 2.45) is 0 Å². The van der Waals surface area contributed by atoms with Gasteiger partial charge in [0.2, 0.25) is 0 Å². The number of H-pyrrole nitrogens is 1. The van der Waals surface area contributed by atoms with Crippen molar-refractivity contribution in [3.63, 3.8) is 0 Å². The highest BCUT2D eigenvalue weighted by Gasteiger charge is 2.07. The number of hydrogen-bond donors (Lipinski definition) is 2. The molecule has 6 heteroatoms. The van der Waals surface area contributed by atoms with Crippen molar-refractivity contribution in [2.45, 2.75) is 16.8 Å². The fraction of sp³-hybridized carbons (Fsp3) is 0.0556. The number of nitrogens with one attached hydrogen (secondary N) is 2. The molecule has 0 saturated carbocycles. The molecule has 0 aliphatic carbocycles. The first kappa shape index (κ1) is 14.7. The fourth-order valence-electron chi connectivity index (χ4n) is 2.46. The second-order valence-electron chi connectivity index (χ2n) is 5.44. The van der Waals surface area contributed by atoms with Crippen LogP contribution in [0, 0.1) is 6.92 Å². The molecule has 2 aromatic heterocycles. The van der Waals surface area contributed by atoms with Crippen LogP contribution in [0.5, 0.6) is 0 Å². The second kappa shape index (κ2) is 6.33. The molecule has 0 aliphatic heterocycles. The predicted octanol–water partition coefficient (Wildman–Crippen LogP) is 4.56. The van der Waals surface area contributed by atoms with Gasteiger partial charge in [0.15, 0.2) is 5.82 Å². The largest absolute Gasteiger partial charge is 0.337 e. The highest BCUT2D eigenvalue weighted by Crippen LogP contribution is 2.29. The van der Waals surface area contributed by atoms with Gasteiger partial charge in [0.25, 0.3) is 0 Å². The summed E-state index contributed by atoms with van der Waals surface area (Å²) in [6.07, 6.45) is 1.70. The minimum atomic E-state index is 0.783. The van der Waals surface area contributed by atoms with E-state index in [9.17, 15) is 0 Å². The van der Waals surface area contributed by atoms with E-state index in [0.29, 0.717) is 0 Å². The summed E-state index contributed by atoms with van der Waals surface area (Å²) in [7, 11) is 0. The summed E-state index contributed by atoms with van der Waals surface area (Å²) in [5, 5.41) is 20.8. The first-order chi connectivity index (χ1) is 11.8. The third-order valence-electron chi connectivity index (χ3n) is 3.58. The van der Waals surface area contributed by atoms with Crippen molar-refractivity contribution in [3.8, 4) is 0 Å². The van der Waals surface area contributed by atoms with Crippen LogP contribution in [0.25, 0.3) is 10.9 Å². The van der Waals surface area contributed by atoms with Gasteiger partial charge in [0.05, 0.1) is 17.4 Å². The van der Waals surface area contributed by atoms with E-state index in [1.165, 1.54) is 5.56 Å². The predicted molar refractivity (Wildman–Crippen MR) is 96.7 cm³/mol. The van der Waals surface area contributed by atoms with Crippen molar-refractivity contribution in [1.82, 2.24) is 20.4 Å². The van der Waals surface area contributed by atoms with Crippen molar-refractivity contribution in [1.29, 1.82) is 0 Å². The maximum Gasteiger partial charge on any atom is 0.160 e. The second-order valence-corrected chi connectivity index (χ2v) is 6.54. The lowest BCUT2D eigenvalue weighted by Gasteiger charge is -2.05. The summed E-state index contributed by atoms with van der Waals surface area (Å²) in [6.45, 7) is 2.08. The van der Waals surface area contributed by atoms with E-state index < -0.39 is 0 Å². The normalized spacial score (nSPS) is 10.9.